The quantitative estimate of drug-likeness (QED) is 0.281. The fraction of sp³-hybridized carbons (Fsp3) is 0.364. The minimum absolute atomic E-state index is 0.145. The number of hydrogen-bond acceptors (Lipinski definition) is 5. The van der Waals surface area contributed by atoms with Crippen LogP contribution in [0.2, 0.25) is 0 Å². The molecule has 0 spiro atoms. The van der Waals surface area contributed by atoms with Crippen LogP contribution in [0.25, 0.3) is 11.3 Å². The van der Waals surface area contributed by atoms with Gasteiger partial charge >= 0.3 is 6.18 Å². The molecule has 3 N–H and O–H groups in total. The molecular formula is C22H27F3N4O2S. The first-order valence-electron chi connectivity index (χ1n) is 10.0. The Balaban J connectivity index is 1.96. The summed E-state index contributed by atoms with van der Waals surface area (Å²) in [6.45, 7) is 11.8. The molecule has 6 nitrogen and oxygen atoms in total. The van der Waals surface area contributed by atoms with Crippen LogP contribution in [0.15, 0.2) is 57.0 Å². The van der Waals surface area contributed by atoms with Gasteiger partial charge in [0, 0.05) is 30.0 Å². The second kappa shape index (κ2) is 11.2. The van der Waals surface area contributed by atoms with Crippen molar-refractivity contribution in [3.05, 3.63) is 59.3 Å². The molecular weight excluding hydrogens is 441 g/mol. The van der Waals surface area contributed by atoms with Crippen LogP contribution in [-0.2, 0) is 6.18 Å². The van der Waals surface area contributed by atoms with E-state index in [1.807, 2.05) is 0 Å². The highest BCUT2D eigenvalue weighted by molar-refractivity contribution is 8.01. The lowest BCUT2D eigenvalue weighted by atomic mass is 10.1. The SMILES string of the molecule is C=C(NC(=O)c1coc(-c2cccc(C(F)(F)F)c2)c1)SN=C(N)CC(C)N(CC)CC. The smallest absolute Gasteiger partial charge is 0.416 e. The van der Waals surface area contributed by atoms with Crippen LogP contribution in [-0.4, -0.2) is 35.8 Å². The zero-order valence-electron chi connectivity index (χ0n) is 18.2. The largest absolute Gasteiger partial charge is 0.464 e. The monoisotopic (exact) mass is 468 g/mol. The molecule has 2 rings (SSSR count). The fourth-order valence-corrected chi connectivity index (χ4v) is 3.55. The summed E-state index contributed by atoms with van der Waals surface area (Å²) in [6.07, 6.45) is -2.71. The maximum atomic E-state index is 12.9. The lowest BCUT2D eigenvalue weighted by molar-refractivity contribution is -0.137. The Hall–Kier alpha value is -2.72. The van der Waals surface area contributed by atoms with E-state index in [4.69, 9.17) is 10.2 Å². The Kier molecular flexibility index (Phi) is 8.97. The molecule has 10 heteroatoms. The molecule has 0 aliphatic carbocycles. The number of nitrogens with two attached hydrogens (primary N) is 1. The minimum Gasteiger partial charge on any atom is -0.464 e. The van der Waals surface area contributed by atoms with Gasteiger partial charge in [0.05, 0.1) is 16.2 Å². The summed E-state index contributed by atoms with van der Waals surface area (Å²) in [5.41, 5.74) is 5.54. The molecule has 0 saturated carbocycles. The number of benzene rings is 1. The van der Waals surface area contributed by atoms with E-state index in [2.05, 4.69) is 42.0 Å². The second-order valence-electron chi connectivity index (χ2n) is 7.10. The number of nitrogens with zero attached hydrogens (tertiary/aromatic N) is 2. The Bertz CT molecular complexity index is 968. The molecule has 0 saturated heterocycles. The summed E-state index contributed by atoms with van der Waals surface area (Å²) in [4.78, 5) is 14.7. The molecule has 32 heavy (non-hydrogen) atoms. The lowest BCUT2D eigenvalue weighted by Gasteiger charge is -2.25. The van der Waals surface area contributed by atoms with E-state index in [0.717, 1.165) is 37.2 Å². The molecule has 0 fully saturated rings. The summed E-state index contributed by atoms with van der Waals surface area (Å²) < 4.78 is 48.2. The summed E-state index contributed by atoms with van der Waals surface area (Å²) >= 11 is 0.947. The van der Waals surface area contributed by atoms with E-state index in [9.17, 15) is 18.0 Å². The third-order valence-electron chi connectivity index (χ3n) is 4.80. The maximum Gasteiger partial charge on any atom is 0.416 e. The van der Waals surface area contributed by atoms with Crippen LogP contribution in [0.3, 0.4) is 0 Å². The predicted octanol–water partition coefficient (Wildman–Crippen LogP) is 5.29. The average Bonchev–Trinajstić information content (AvgIpc) is 3.23. The number of rotatable bonds is 10. The number of alkyl halides is 3. The molecule has 1 amide bonds. The zero-order valence-corrected chi connectivity index (χ0v) is 19.0. The normalized spacial score (nSPS) is 13.3. The van der Waals surface area contributed by atoms with Crippen molar-refractivity contribution in [2.24, 2.45) is 10.1 Å². The van der Waals surface area contributed by atoms with E-state index in [-0.39, 0.29) is 28.0 Å². The van der Waals surface area contributed by atoms with Crippen LogP contribution < -0.4 is 11.1 Å². The summed E-state index contributed by atoms with van der Waals surface area (Å²) in [5.74, 6) is 0.0573. The Morgan fingerprint density at radius 2 is 2.00 bits per heavy atom. The number of halogens is 3. The third kappa shape index (κ3) is 7.16. The van der Waals surface area contributed by atoms with E-state index in [0.29, 0.717) is 12.3 Å². The molecule has 0 aliphatic rings. The van der Waals surface area contributed by atoms with Crippen molar-refractivity contribution in [2.75, 3.05) is 13.1 Å². The third-order valence-corrected chi connectivity index (χ3v) is 5.45. The lowest BCUT2D eigenvalue weighted by Crippen LogP contribution is -2.35. The number of amides is 1. The van der Waals surface area contributed by atoms with Crippen LogP contribution in [0, 0.1) is 0 Å². The van der Waals surface area contributed by atoms with Gasteiger partial charge in [-0.2, -0.15) is 17.6 Å². The van der Waals surface area contributed by atoms with Gasteiger partial charge in [-0.05, 0) is 38.2 Å². The molecule has 1 aromatic carbocycles. The topological polar surface area (TPSA) is 83.9 Å². The van der Waals surface area contributed by atoms with Crippen molar-refractivity contribution in [3.63, 3.8) is 0 Å². The number of carbonyl (C=O) groups is 1. The van der Waals surface area contributed by atoms with Gasteiger partial charge in [0.1, 0.15) is 17.9 Å². The van der Waals surface area contributed by atoms with Crippen molar-refractivity contribution in [3.8, 4) is 11.3 Å². The zero-order chi connectivity index (χ0) is 23.9. The van der Waals surface area contributed by atoms with E-state index in [1.165, 1.54) is 24.5 Å². The van der Waals surface area contributed by atoms with Gasteiger partial charge in [-0.15, -0.1) is 0 Å². The fourth-order valence-electron chi connectivity index (χ4n) is 3.11. The Labute approximate surface area is 189 Å². The number of hydrogen-bond donors (Lipinski definition) is 2. The highest BCUT2D eigenvalue weighted by Gasteiger charge is 2.30. The molecule has 0 aliphatic heterocycles. The van der Waals surface area contributed by atoms with Crippen LogP contribution >= 0.6 is 11.9 Å². The second-order valence-corrected chi connectivity index (χ2v) is 7.96. The molecule has 1 heterocycles. The number of furan rings is 1. The van der Waals surface area contributed by atoms with Crippen molar-refractivity contribution in [1.82, 2.24) is 10.2 Å². The van der Waals surface area contributed by atoms with Gasteiger partial charge in [0.15, 0.2) is 0 Å². The van der Waals surface area contributed by atoms with Gasteiger partial charge in [0.2, 0.25) is 0 Å². The summed E-state index contributed by atoms with van der Waals surface area (Å²) in [6, 6.07) is 6.29. The van der Waals surface area contributed by atoms with Gasteiger partial charge < -0.3 is 20.4 Å². The van der Waals surface area contributed by atoms with Gasteiger partial charge in [-0.3, -0.25) is 4.79 Å². The minimum atomic E-state index is -4.47. The van der Waals surface area contributed by atoms with Gasteiger partial charge in [-0.25, -0.2) is 0 Å². The van der Waals surface area contributed by atoms with Crippen LogP contribution in [0.4, 0.5) is 13.2 Å². The van der Waals surface area contributed by atoms with Gasteiger partial charge in [-0.1, -0.05) is 32.6 Å². The standard InChI is InChI=1S/C22H27F3N4O2S/c1-5-29(6-2)14(3)10-20(26)28-32-15(4)27-21(30)17-12-19(31-13-17)16-8-7-9-18(11-16)22(23,24)25/h7-9,11-14H,4-6,10H2,1-3H3,(H2,26,28)(H,27,30). The predicted molar refractivity (Wildman–Crippen MR) is 122 cm³/mol. The number of nitrogens with one attached hydrogen (secondary N) is 1. The molecule has 0 radical (unpaired) electrons. The molecule has 174 valence electrons. The number of amidine groups is 1. The average molecular weight is 469 g/mol. The number of carbonyl (C=O) groups excluding carboxylic acids is 1. The first-order valence-corrected chi connectivity index (χ1v) is 10.8. The van der Waals surface area contributed by atoms with Crippen LogP contribution in [0.5, 0.6) is 0 Å². The maximum absolute atomic E-state index is 12.9. The van der Waals surface area contributed by atoms with E-state index >= 15 is 0 Å². The molecule has 0 bridgehead atoms. The van der Waals surface area contributed by atoms with Gasteiger partial charge in [0.25, 0.3) is 5.91 Å². The van der Waals surface area contributed by atoms with Crippen molar-refractivity contribution < 1.29 is 22.4 Å². The molecule has 2 aromatic rings. The highest BCUT2D eigenvalue weighted by Crippen LogP contribution is 2.32. The summed E-state index contributed by atoms with van der Waals surface area (Å²) in [7, 11) is 0. The van der Waals surface area contributed by atoms with E-state index < -0.39 is 17.6 Å². The molecule has 1 atom stereocenters. The van der Waals surface area contributed by atoms with Crippen molar-refractivity contribution in [2.45, 2.75) is 39.4 Å². The Morgan fingerprint density at radius 3 is 2.62 bits per heavy atom. The highest BCUT2D eigenvalue weighted by atomic mass is 32.2. The molecule has 1 aromatic heterocycles. The van der Waals surface area contributed by atoms with Crippen LogP contribution in [0.1, 0.15) is 43.1 Å². The summed E-state index contributed by atoms with van der Waals surface area (Å²) in [5, 5.41) is 2.83. The Morgan fingerprint density at radius 1 is 1.31 bits per heavy atom. The first kappa shape index (κ1) is 25.5. The van der Waals surface area contributed by atoms with Crippen molar-refractivity contribution in [1.29, 1.82) is 0 Å². The van der Waals surface area contributed by atoms with E-state index in [1.54, 1.807) is 0 Å². The molecule has 1 unspecified atom stereocenters. The first-order chi connectivity index (χ1) is 15.0. The van der Waals surface area contributed by atoms with Crippen molar-refractivity contribution >= 4 is 23.7 Å².